The normalized spacial score (nSPS) is 14.8. The molecule has 1 aliphatic rings. The lowest BCUT2D eigenvalue weighted by atomic mass is 9.97. The van der Waals surface area contributed by atoms with Gasteiger partial charge >= 0.3 is 0 Å². The number of rotatable bonds is 8. The minimum absolute atomic E-state index is 0.279. The summed E-state index contributed by atoms with van der Waals surface area (Å²) in [6, 6.07) is 16.4. The Labute approximate surface area is 218 Å². The molecule has 188 valence electrons. The van der Waals surface area contributed by atoms with Gasteiger partial charge in [0.2, 0.25) is 5.75 Å². The van der Waals surface area contributed by atoms with Gasteiger partial charge in [-0.2, -0.15) is 5.10 Å². The average Bonchev–Trinajstić information content (AvgIpc) is 3.37. The molecule has 1 aliphatic heterocycles. The van der Waals surface area contributed by atoms with Gasteiger partial charge in [-0.25, -0.2) is 5.01 Å². The fraction of sp³-hybridized carbons (Fsp3) is 0.259. The van der Waals surface area contributed by atoms with Crippen molar-refractivity contribution >= 4 is 27.5 Å². The number of hydrazone groups is 1. The van der Waals surface area contributed by atoms with E-state index < -0.39 is 0 Å². The van der Waals surface area contributed by atoms with E-state index in [-0.39, 0.29) is 17.7 Å². The van der Waals surface area contributed by atoms with E-state index in [2.05, 4.69) is 15.9 Å². The molecule has 0 N–H and O–H groups in total. The van der Waals surface area contributed by atoms with E-state index in [9.17, 15) is 4.79 Å². The Hall–Kier alpha value is -3.72. The predicted octanol–water partition coefficient (Wildman–Crippen LogP) is 5.48. The molecule has 8 nitrogen and oxygen atoms in total. The van der Waals surface area contributed by atoms with Crippen LogP contribution in [-0.2, 0) is 0 Å². The van der Waals surface area contributed by atoms with Crippen LogP contribution in [0.25, 0.3) is 0 Å². The number of hydrogen-bond donors (Lipinski definition) is 0. The zero-order valence-electron chi connectivity index (χ0n) is 20.7. The zero-order chi connectivity index (χ0) is 25.8. The first-order valence-electron chi connectivity index (χ1n) is 11.1. The van der Waals surface area contributed by atoms with Crippen LogP contribution in [0.5, 0.6) is 28.7 Å². The molecule has 0 bridgehead atoms. The maximum Gasteiger partial charge on any atom is 0.278 e. The second kappa shape index (κ2) is 10.9. The highest BCUT2D eigenvalue weighted by molar-refractivity contribution is 9.10. The second-order valence-corrected chi connectivity index (χ2v) is 8.87. The fourth-order valence-corrected chi connectivity index (χ4v) is 4.63. The van der Waals surface area contributed by atoms with Crippen LogP contribution in [-0.4, -0.2) is 52.2 Å². The summed E-state index contributed by atoms with van der Waals surface area (Å²) in [6.45, 7) is 0. The minimum Gasteiger partial charge on any atom is -0.497 e. The summed E-state index contributed by atoms with van der Waals surface area (Å²) in [6.07, 6.45) is 0.494. The molecule has 36 heavy (non-hydrogen) atoms. The van der Waals surface area contributed by atoms with E-state index in [1.165, 1.54) is 26.3 Å². The SMILES string of the molecule is COc1cc(OC)cc(C2=NN(C(=O)c3ccc(OC)c(OC)c3OC)C(c3cccc(Br)c3)C2)c1. The standard InChI is InChI=1S/C27H27BrN2O6/c1-32-19-12-17(13-20(14-19)33-2)22-15-23(16-7-6-8-18(28)11-16)30(29-22)27(31)21-9-10-24(34-3)26(36-5)25(21)35-4/h6-14,23H,15H2,1-5H3. The number of hydrogen-bond acceptors (Lipinski definition) is 7. The van der Waals surface area contributed by atoms with Crippen molar-refractivity contribution in [1.29, 1.82) is 0 Å². The summed E-state index contributed by atoms with van der Waals surface area (Å²) < 4.78 is 28.2. The fourth-order valence-electron chi connectivity index (χ4n) is 4.21. The smallest absolute Gasteiger partial charge is 0.278 e. The Morgan fingerprint density at radius 1 is 0.861 bits per heavy atom. The lowest BCUT2D eigenvalue weighted by Crippen LogP contribution is -2.27. The van der Waals surface area contributed by atoms with Gasteiger partial charge in [0, 0.05) is 22.5 Å². The first kappa shape index (κ1) is 25.4. The topological polar surface area (TPSA) is 78.8 Å². The molecule has 0 saturated heterocycles. The van der Waals surface area contributed by atoms with E-state index in [0.717, 1.165) is 21.3 Å². The van der Waals surface area contributed by atoms with Gasteiger partial charge in [-0.3, -0.25) is 4.79 Å². The Morgan fingerprint density at radius 2 is 1.56 bits per heavy atom. The second-order valence-electron chi connectivity index (χ2n) is 7.95. The molecular formula is C27H27BrN2O6. The number of carbonyl (C=O) groups is 1. The van der Waals surface area contributed by atoms with Crippen molar-refractivity contribution in [3.05, 3.63) is 75.8 Å². The highest BCUT2D eigenvalue weighted by atomic mass is 79.9. The summed E-state index contributed by atoms with van der Waals surface area (Å²) in [7, 11) is 7.71. The van der Waals surface area contributed by atoms with Crippen LogP contribution < -0.4 is 23.7 Å². The van der Waals surface area contributed by atoms with E-state index in [1.807, 2.05) is 36.4 Å². The van der Waals surface area contributed by atoms with Crippen LogP contribution >= 0.6 is 15.9 Å². The highest BCUT2D eigenvalue weighted by Crippen LogP contribution is 2.42. The monoisotopic (exact) mass is 554 g/mol. The third-order valence-corrected chi connectivity index (χ3v) is 6.46. The van der Waals surface area contributed by atoms with Crippen molar-refractivity contribution in [1.82, 2.24) is 5.01 Å². The number of halogens is 1. The van der Waals surface area contributed by atoms with Gasteiger partial charge in [-0.15, -0.1) is 0 Å². The third kappa shape index (κ3) is 4.83. The Morgan fingerprint density at radius 3 is 2.14 bits per heavy atom. The number of ether oxygens (including phenoxy) is 5. The molecule has 0 aliphatic carbocycles. The van der Waals surface area contributed by atoms with E-state index in [0.29, 0.717) is 35.0 Å². The summed E-state index contributed by atoms with van der Waals surface area (Å²) >= 11 is 3.54. The molecule has 0 saturated carbocycles. The molecule has 0 fully saturated rings. The number of methoxy groups -OCH3 is 5. The molecule has 0 aromatic heterocycles. The summed E-state index contributed by atoms with van der Waals surface area (Å²) in [5, 5.41) is 6.29. The van der Waals surface area contributed by atoms with Crippen LogP contribution in [0.15, 0.2) is 64.2 Å². The maximum atomic E-state index is 14.0. The molecule has 1 atom stereocenters. The lowest BCUT2D eigenvalue weighted by molar-refractivity contribution is 0.0707. The van der Waals surface area contributed by atoms with Crippen LogP contribution in [0.2, 0.25) is 0 Å². The Bertz CT molecular complexity index is 1290. The molecule has 3 aromatic carbocycles. The first-order chi connectivity index (χ1) is 17.4. The van der Waals surface area contributed by atoms with Crippen LogP contribution in [0.4, 0.5) is 0 Å². The van der Waals surface area contributed by atoms with E-state index in [1.54, 1.807) is 32.4 Å². The Balaban J connectivity index is 1.83. The van der Waals surface area contributed by atoms with Crippen molar-refractivity contribution in [3.63, 3.8) is 0 Å². The predicted molar refractivity (Wildman–Crippen MR) is 140 cm³/mol. The molecule has 1 unspecified atom stereocenters. The van der Waals surface area contributed by atoms with Crippen molar-refractivity contribution in [2.75, 3.05) is 35.5 Å². The first-order valence-corrected chi connectivity index (χ1v) is 11.9. The average molecular weight is 555 g/mol. The summed E-state index contributed by atoms with van der Waals surface area (Å²) in [5.74, 6) is 2.02. The zero-order valence-corrected chi connectivity index (χ0v) is 22.3. The number of carbonyl (C=O) groups excluding carboxylic acids is 1. The van der Waals surface area contributed by atoms with Gasteiger partial charge in [-0.1, -0.05) is 28.1 Å². The number of benzene rings is 3. The number of nitrogens with zero attached hydrogens (tertiary/aromatic N) is 2. The molecule has 0 radical (unpaired) electrons. The molecule has 3 aromatic rings. The van der Waals surface area contributed by atoms with Crippen LogP contribution in [0.1, 0.15) is 33.9 Å². The van der Waals surface area contributed by atoms with Gasteiger partial charge in [0.1, 0.15) is 11.5 Å². The van der Waals surface area contributed by atoms with Crippen molar-refractivity contribution in [2.24, 2.45) is 5.10 Å². The molecule has 4 rings (SSSR count). The summed E-state index contributed by atoms with van der Waals surface area (Å²) in [5.41, 5.74) is 2.78. The van der Waals surface area contributed by atoms with Gasteiger partial charge in [-0.05, 0) is 42.0 Å². The quantitative estimate of drug-likeness (QED) is 0.366. The lowest BCUT2D eigenvalue weighted by Gasteiger charge is -2.24. The molecule has 0 spiro atoms. The van der Waals surface area contributed by atoms with Gasteiger partial charge in [0.05, 0.1) is 52.9 Å². The van der Waals surface area contributed by atoms with Crippen molar-refractivity contribution in [3.8, 4) is 28.7 Å². The molecule has 1 amide bonds. The summed E-state index contributed by atoms with van der Waals surface area (Å²) in [4.78, 5) is 14.0. The minimum atomic E-state index is -0.347. The molecular weight excluding hydrogens is 528 g/mol. The van der Waals surface area contributed by atoms with Crippen molar-refractivity contribution in [2.45, 2.75) is 12.5 Å². The van der Waals surface area contributed by atoms with Crippen molar-refractivity contribution < 1.29 is 28.5 Å². The van der Waals surface area contributed by atoms with Gasteiger partial charge < -0.3 is 23.7 Å². The molecule has 9 heteroatoms. The number of amides is 1. The van der Waals surface area contributed by atoms with E-state index >= 15 is 0 Å². The third-order valence-electron chi connectivity index (χ3n) is 5.97. The van der Waals surface area contributed by atoms with Gasteiger partial charge in [0.25, 0.3) is 5.91 Å². The van der Waals surface area contributed by atoms with Gasteiger partial charge in [0.15, 0.2) is 11.5 Å². The Kier molecular flexibility index (Phi) is 7.69. The van der Waals surface area contributed by atoms with E-state index in [4.69, 9.17) is 28.8 Å². The maximum absolute atomic E-state index is 14.0. The highest BCUT2D eigenvalue weighted by Gasteiger charge is 2.36. The van der Waals surface area contributed by atoms with Crippen LogP contribution in [0, 0.1) is 0 Å². The molecule has 1 heterocycles. The van der Waals surface area contributed by atoms with Crippen LogP contribution in [0.3, 0.4) is 0 Å². The largest absolute Gasteiger partial charge is 0.497 e.